The van der Waals surface area contributed by atoms with Gasteiger partial charge in [0.1, 0.15) is 11.6 Å². The van der Waals surface area contributed by atoms with Crippen LogP contribution in [-0.4, -0.2) is 15.3 Å². The maximum atomic E-state index is 12.2. The van der Waals surface area contributed by atoms with Crippen LogP contribution in [0.3, 0.4) is 0 Å². The third-order valence-corrected chi connectivity index (χ3v) is 3.29. The van der Waals surface area contributed by atoms with Gasteiger partial charge in [-0.1, -0.05) is 34.1 Å². The summed E-state index contributed by atoms with van der Waals surface area (Å²) in [5, 5.41) is 9.22. The summed E-state index contributed by atoms with van der Waals surface area (Å²) in [7, 11) is 1.78. The van der Waals surface area contributed by atoms with Crippen LogP contribution in [0.15, 0.2) is 41.3 Å². The Morgan fingerprint density at radius 3 is 2.78 bits per heavy atom. The Balaban J connectivity index is 2.39. The average Bonchev–Trinajstić information content (AvgIpc) is 2.79. The van der Waals surface area contributed by atoms with Crippen molar-refractivity contribution in [2.24, 2.45) is 7.05 Å². The highest BCUT2D eigenvalue weighted by Gasteiger charge is 2.25. The summed E-state index contributed by atoms with van der Waals surface area (Å²) in [4.78, 5) is 16.2. The molecule has 0 saturated heterocycles. The normalized spacial score (nSPS) is 11.8. The molecule has 0 aliphatic carbocycles. The number of rotatable bonds is 3. The number of hydrogen-bond acceptors (Lipinski definition) is 3. The second kappa shape index (κ2) is 5.15. The molecule has 2 rings (SSSR count). The van der Waals surface area contributed by atoms with E-state index in [9.17, 15) is 10.1 Å². The fraction of sp³-hybridized carbons (Fsp3) is 0.154. The molecule has 0 spiro atoms. The van der Waals surface area contributed by atoms with Crippen LogP contribution >= 0.6 is 15.9 Å². The first kappa shape index (κ1) is 12.5. The molecule has 1 unspecified atom stereocenters. The van der Waals surface area contributed by atoms with Gasteiger partial charge in [0.25, 0.3) is 0 Å². The topological polar surface area (TPSA) is 58.7 Å². The first-order valence-electron chi connectivity index (χ1n) is 5.29. The first-order valence-corrected chi connectivity index (χ1v) is 6.09. The summed E-state index contributed by atoms with van der Waals surface area (Å²) in [5.74, 6) is -1.12. The quantitative estimate of drug-likeness (QED) is 0.819. The number of Topliss-reactive ketones (excluding diaryl/α,β-unsaturated/α-hetero) is 1. The van der Waals surface area contributed by atoms with Crippen molar-refractivity contribution in [1.82, 2.24) is 9.55 Å². The van der Waals surface area contributed by atoms with Crippen LogP contribution in [0, 0.1) is 11.3 Å². The fourth-order valence-corrected chi connectivity index (χ4v) is 2.18. The molecule has 0 saturated carbocycles. The van der Waals surface area contributed by atoms with Crippen LogP contribution in [0.4, 0.5) is 0 Å². The molecule has 90 valence electrons. The van der Waals surface area contributed by atoms with Crippen molar-refractivity contribution in [3.63, 3.8) is 0 Å². The Kier molecular flexibility index (Phi) is 3.58. The fourth-order valence-electron chi connectivity index (χ4n) is 1.67. The van der Waals surface area contributed by atoms with Crippen LogP contribution in [0.1, 0.15) is 22.0 Å². The van der Waals surface area contributed by atoms with Gasteiger partial charge >= 0.3 is 0 Å². The van der Waals surface area contributed by atoms with Crippen molar-refractivity contribution < 1.29 is 4.79 Å². The van der Waals surface area contributed by atoms with Gasteiger partial charge in [0.05, 0.1) is 12.4 Å². The number of imidazole rings is 1. The van der Waals surface area contributed by atoms with E-state index in [-0.39, 0.29) is 5.78 Å². The molecule has 0 fully saturated rings. The van der Waals surface area contributed by atoms with E-state index < -0.39 is 5.92 Å². The Hall–Kier alpha value is -1.93. The number of nitrogens with zero attached hydrogens (tertiary/aromatic N) is 3. The molecule has 0 N–H and O–H groups in total. The number of carbonyl (C=O) groups is 1. The molecule has 1 aromatic carbocycles. The van der Waals surface area contributed by atoms with E-state index in [1.54, 1.807) is 36.3 Å². The lowest BCUT2D eigenvalue weighted by Gasteiger charge is -2.08. The molecule has 5 heteroatoms. The van der Waals surface area contributed by atoms with Gasteiger partial charge in [-0.3, -0.25) is 4.79 Å². The molecule has 0 amide bonds. The predicted molar refractivity (Wildman–Crippen MR) is 70.0 cm³/mol. The third-order valence-electron chi connectivity index (χ3n) is 2.56. The Bertz CT molecular complexity index is 627. The number of aryl methyl sites for hydroxylation is 1. The van der Waals surface area contributed by atoms with Gasteiger partial charge in [0.2, 0.25) is 5.78 Å². The number of aromatic nitrogens is 2. The summed E-state index contributed by atoms with van der Waals surface area (Å²) in [6.45, 7) is 0. The zero-order chi connectivity index (χ0) is 13.1. The van der Waals surface area contributed by atoms with E-state index in [2.05, 4.69) is 20.9 Å². The molecule has 0 aliphatic heterocycles. The molecule has 0 bridgehead atoms. The summed E-state index contributed by atoms with van der Waals surface area (Å²) in [6, 6.07) is 9.25. The van der Waals surface area contributed by atoms with Gasteiger partial charge in [0, 0.05) is 17.7 Å². The zero-order valence-electron chi connectivity index (χ0n) is 9.67. The SMILES string of the molecule is Cn1cnc(C(=O)C(C#N)c2ccccc2Br)c1. The lowest BCUT2D eigenvalue weighted by molar-refractivity contribution is 0.0974. The summed E-state index contributed by atoms with van der Waals surface area (Å²) in [5.41, 5.74) is 0.968. The molecule has 1 aromatic heterocycles. The lowest BCUT2D eigenvalue weighted by atomic mass is 9.95. The van der Waals surface area contributed by atoms with Crippen molar-refractivity contribution >= 4 is 21.7 Å². The molecule has 2 aromatic rings. The minimum absolute atomic E-state index is 0.287. The molecule has 4 nitrogen and oxygen atoms in total. The summed E-state index contributed by atoms with van der Waals surface area (Å²) < 4.78 is 2.43. The smallest absolute Gasteiger partial charge is 0.204 e. The van der Waals surface area contributed by atoms with Gasteiger partial charge < -0.3 is 4.57 Å². The largest absolute Gasteiger partial charge is 0.340 e. The lowest BCUT2D eigenvalue weighted by Crippen LogP contribution is -2.12. The molecule has 0 aliphatic rings. The second-order valence-electron chi connectivity index (χ2n) is 3.87. The highest BCUT2D eigenvalue weighted by Crippen LogP contribution is 2.26. The van der Waals surface area contributed by atoms with Crippen LogP contribution in [-0.2, 0) is 7.05 Å². The van der Waals surface area contributed by atoms with Gasteiger partial charge in [0.15, 0.2) is 0 Å². The van der Waals surface area contributed by atoms with E-state index in [0.29, 0.717) is 11.3 Å². The van der Waals surface area contributed by atoms with Crippen molar-refractivity contribution in [3.05, 3.63) is 52.5 Å². The molecule has 1 atom stereocenters. The van der Waals surface area contributed by atoms with Crippen LogP contribution in [0.5, 0.6) is 0 Å². The number of nitriles is 1. The number of hydrogen-bond donors (Lipinski definition) is 0. The van der Waals surface area contributed by atoms with Crippen LogP contribution < -0.4 is 0 Å². The van der Waals surface area contributed by atoms with Crippen molar-refractivity contribution in [2.45, 2.75) is 5.92 Å². The standard InChI is InChI=1S/C13H10BrN3O/c1-17-7-12(16-8-17)13(18)10(6-15)9-4-2-3-5-11(9)14/h2-5,7-8,10H,1H3. The minimum atomic E-state index is -0.838. The van der Waals surface area contributed by atoms with Crippen molar-refractivity contribution in [2.75, 3.05) is 0 Å². The van der Waals surface area contributed by atoms with Gasteiger partial charge in [-0.2, -0.15) is 5.26 Å². The van der Waals surface area contributed by atoms with Crippen molar-refractivity contribution in [3.8, 4) is 6.07 Å². The van der Waals surface area contributed by atoms with Gasteiger partial charge in [-0.15, -0.1) is 0 Å². The van der Waals surface area contributed by atoms with Gasteiger partial charge in [-0.25, -0.2) is 4.98 Å². The maximum absolute atomic E-state index is 12.2. The summed E-state index contributed by atoms with van der Waals surface area (Å²) >= 11 is 3.35. The molecule has 0 radical (unpaired) electrons. The Labute approximate surface area is 113 Å². The van der Waals surface area contributed by atoms with Crippen LogP contribution in [0.2, 0.25) is 0 Å². The first-order chi connectivity index (χ1) is 8.63. The maximum Gasteiger partial charge on any atom is 0.204 e. The molecular formula is C13H10BrN3O. The van der Waals surface area contributed by atoms with E-state index in [1.165, 1.54) is 0 Å². The Morgan fingerprint density at radius 1 is 1.50 bits per heavy atom. The number of halogens is 1. The predicted octanol–water partition coefficient (Wildman–Crippen LogP) is 2.67. The van der Waals surface area contributed by atoms with E-state index >= 15 is 0 Å². The molecular weight excluding hydrogens is 294 g/mol. The highest BCUT2D eigenvalue weighted by molar-refractivity contribution is 9.10. The van der Waals surface area contributed by atoms with Gasteiger partial charge in [-0.05, 0) is 11.6 Å². The number of benzene rings is 1. The Morgan fingerprint density at radius 2 is 2.22 bits per heavy atom. The minimum Gasteiger partial charge on any atom is -0.340 e. The second-order valence-corrected chi connectivity index (χ2v) is 4.73. The van der Waals surface area contributed by atoms with Crippen LogP contribution in [0.25, 0.3) is 0 Å². The zero-order valence-corrected chi connectivity index (χ0v) is 11.3. The monoisotopic (exact) mass is 303 g/mol. The third kappa shape index (κ3) is 2.34. The summed E-state index contributed by atoms with van der Waals surface area (Å²) in [6.07, 6.45) is 3.16. The van der Waals surface area contributed by atoms with E-state index in [0.717, 1.165) is 4.47 Å². The number of carbonyl (C=O) groups excluding carboxylic acids is 1. The van der Waals surface area contributed by atoms with Crippen molar-refractivity contribution in [1.29, 1.82) is 5.26 Å². The number of ketones is 1. The van der Waals surface area contributed by atoms with E-state index in [1.807, 2.05) is 18.2 Å². The molecule has 1 heterocycles. The molecule has 18 heavy (non-hydrogen) atoms. The average molecular weight is 304 g/mol. The van der Waals surface area contributed by atoms with E-state index in [4.69, 9.17) is 0 Å². The highest BCUT2D eigenvalue weighted by atomic mass is 79.9.